The summed E-state index contributed by atoms with van der Waals surface area (Å²) >= 11 is 0. The number of carbonyl (C=O) groups excluding carboxylic acids is 1. The third kappa shape index (κ3) is 4.32. The van der Waals surface area contributed by atoms with Crippen LogP contribution in [0.4, 0.5) is 5.69 Å². The third-order valence-corrected chi connectivity index (χ3v) is 6.44. The number of aromatic nitrogens is 2. The van der Waals surface area contributed by atoms with Crippen molar-refractivity contribution < 1.29 is 4.79 Å². The fourth-order valence-corrected chi connectivity index (χ4v) is 4.59. The molecule has 0 N–H and O–H groups in total. The summed E-state index contributed by atoms with van der Waals surface area (Å²) < 4.78 is 2.04. The van der Waals surface area contributed by atoms with Gasteiger partial charge in [-0.1, -0.05) is 25.1 Å². The van der Waals surface area contributed by atoms with E-state index in [1.165, 1.54) is 11.4 Å². The summed E-state index contributed by atoms with van der Waals surface area (Å²) in [6.45, 7) is 12.7. The van der Waals surface area contributed by atoms with E-state index in [0.29, 0.717) is 12.5 Å². The number of anilines is 1. The zero-order valence-electron chi connectivity index (χ0n) is 18.0. The normalized spacial score (nSPS) is 19.0. The van der Waals surface area contributed by atoms with Crippen molar-refractivity contribution in [1.29, 1.82) is 0 Å². The number of amides is 1. The van der Waals surface area contributed by atoms with E-state index in [-0.39, 0.29) is 0 Å². The molecule has 0 saturated carbocycles. The van der Waals surface area contributed by atoms with Crippen LogP contribution in [0.25, 0.3) is 5.69 Å². The molecule has 2 aliphatic rings. The topological polar surface area (TPSA) is 44.6 Å². The molecular weight excluding hydrogens is 362 g/mol. The Morgan fingerprint density at radius 2 is 1.66 bits per heavy atom. The van der Waals surface area contributed by atoms with Gasteiger partial charge >= 0.3 is 0 Å². The molecule has 0 unspecified atom stereocenters. The van der Waals surface area contributed by atoms with Gasteiger partial charge in [-0.15, -0.1) is 0 Å². The van der Waals surface area contributed by atoms with Gasteiger partial charge in [0.05, 0.1) is 29.3 Å². The van der Waals surface area contributed by atoms with Crippen LogP contribution in [0.3, 0.4) is 0 Å². The molecule has 0 bridgehead atoms. The Labute approximate surface area is 174 Å². The van der Waals surface area contributed by atoms with Crippen LogP contribution in [-0.2, 0) is 4.79 Å². The van der Waals surface area contributed by atoms with Gasteiger partial charge in [0.15, 0.2) is 0 Å². The van der Waals surface area contributed by atoms with E-state index in [4.69, 9.17) is 5.10 Å². The van der Waals surface area contributed by atoms with Gasteiger partial charge in [-0.25, -0.2) is 4.68 Å². The number of likely N-dealkylation sites (tertiary alicyclic amines) is 1. The minimum atomic E-state index is 0.301. The van der Waals surface area contributed by atoms with Crippen molar-refractivity contribution in [1.82, 2.24) is 19.6 Å². The molecule has 0 atom stereocenters. The lowest BCUT2D eigenvalue weighted by Crippen LogP contribution is -2.51. The molecule has 29 heavy (non-hydrogen) atoms. The van der Waals surface area contributed by atoms with Gasteiger partial charge < -0.3 is 9.80 Å². The summed E-state index contributed by atoms with van der Waals surface area (Å²) in [5.74, 6) is 1.06. The van der Waals surface area contributed by atoms with Crippen LogP contribution >= 0.6 is 0 Å². The smallest absolute Gasteiger partial charge is 0.236 e. The van der Waals surface area contributed by atoms with Crippen molar-refractivity contribution in [2.75, 3.05) is 50.7 Å². The van der Waals surface area contributed by atoms with Crippen molar-refractivity contribution in [2.24, 2.45) is 5.92 Å². The number of hydrogen-bond donors (Lipinski definition) is 0. The summed E-state index contributed by atoms with van der Waals surface area (Å²) in [4.78, 5) is 19.5. The summed E-state index contributed by atoms with van der Waals surface area (Å²) in [5, 5.41) is 4.79. The molecule has 0 radical (unpaired) electrons. The third-order valence-electron chi connectivity index (χ3n) is 6.44. The quantitative estimate of drug-likeness (QED) is 0.799. The first-order valence-corrected chi connectivity index (χ1v) is 10.9. The molecule has 4 rings (SSSR count). The van der Waals surface area contributed by atoms with Crippen molar-refractivity contribution >= 4 is 11.6 Å². The van der Waals surface area contributed by atoms with Crippen molar-refractivity contribution in [3.05, 3.63) is 41.7 Å². The lowest BCUT2D eigenvalue weighted by atomic mass is 9.99. The maximum atomic E-state index is 12.7. The Balaban J connectivity index is 1.36. The van der Waals surface area contributed by atoms with E-state index in [0.717, 1.165) is 69.4 Å². The van der Waals surface area contributed by atoms with Crippen LogP contribution in [0.1, 0.15) is 31.2 Å². The van der Waals surface area contributed by atoms with E-state index in [9.17, 15) is 4.79 Å². The first-order valence-electron chi connectivity index (χ1n) is 10.9. The molecule has 3 heterocycles. The second kappa shape index (κ2) is 8.57. The molecule has 6 nitrogen and oxygen atoms in total. The van der Waals surface area contributed by atoms with Crippen LogP contribution in [0.2, 0.25) is 0 Å². The average molecular weight is 396 g/mol. The molecule has 1 amide bonds. The number of piperazine rings is 1. The first kappa shape index (κ1) is 20.0. The Bertz CT molecular complexity index is 830. The first-order chi connectivity index (χ1) is 14.0. The highest BCUT2D eigenvalue weighted by Gasteiger charge is 2.26. The van der Waals surface area contributed by atoms with Crippen molar-refractivity contribution in [2.45, 2.75) is 33.6 Å². The average Bonchev–Trinajstić information content (AvgIpc) is 3.04. The number of piperidine rings is 1. The summed E-state index contributed by atoms with van der Waals surface area (Å²) in [5.41, 5.74) is 4.59. The van der Waals surface area contributed by atoms with E-state index in [2.05, 4.69) is 47.6 Å². The van der Waals surface area contributed by atoms with Gasteiger partial charge in [-0.3, -0.25) is 9.69 Å². The molecule has 6 heteroatoms. The number of benzene rings is 1. The largest absolute Gasteiger partial charge is 0.366 e. The molecule has 1 aromatic carbocycles. The lowest BCUT2D eigenvalue weighted by molar-refractivity contribution is -0.133. The van der Waals surface area contributed by atoms with E-state index >= 15 is 0 Å². The minimum absolute atomic E-state index is 0.301. The molecule has 1 aromatic heterocycles. The van der Waals surface area contributed by atoms with Crippen LogP contribution in [-0.4, -0.2) is 71.3 Å². The van der Waals surface area contributed by atoms with Crippen molar-refractivity contribution in [3.8, 4) is 5.69 Å². The molecule has 156 valence electrons. The number of hydrogen-bond acceptors (Lipinski definition) is 4. The summed E-state index contributed by atoms with van der Waals surface area (Å²) in [6, 6.07) is 10.3. The SMILES string of the molecule is Cc1nn(-c2ccccc2)c(C)c1N1CCN(CC(=O)N2CCC(C)CC2)CC1. The fourth-order valence-electron chi connectivity index (χ4n) is 4.59. The second-order valence-corrected chi connectivity index (χ2v) is 8.59. The van der Waals surface area contributed by atoms with Crippen LogP contribution in [0, 0.1) is 19.8 Å². The summed E-state index contributed by atoms with van der Waals surface area (Å²) in [6.07, 6.45) is 2.28. The predicted molar refractivity (Wildman–Crippen MR) is 117 cm³/mol. The molecule has 2 fully saturated rings. The Hall–Kier alpha value is -2.34. The maximum Gasteiger partial charge on any atom is 0.236 e. The number of para-hydroxylation sites is 1. The van der Waals surface area contributed by atoms with Crippen molar-refractivity contribution in [3.63, 3.8) is 0 Å². The number of carbonyl (C=O) groups is 1. The Morgan fingerprint density at radius 1 is 1.00 bits per heavy atom. The highest BCUT2D eigenvalue weighted by Crippen LogP contribution is 2.27. The zero-order valence-corrected chi connectivity index (χ0v) is 18.0. The maximum absolute atomic E-state index is 12.7. The lowest BCUT2D eigenvalue weighted by Gasteiger charge is -2.37. The summed E-state index contributed by atoms with van der Waals surface area (Å²) in [7, 11) is 0. The van der Waals surface area contributed by atoms with Gasteiger partial charge in [-0.2, -0.15) is 5.10 Å². The fraction of sp³-hybridized carbons (Fsp3) is 0.565. The van der Waals surface area contributed by atoms with Crippen LogP contribution in [0.15, 0.2) is 30.3 Å². The van der Waals surface area contributed by atoms with Crippen LogP contribution < -0.4 is 4.90 Å². The second-order valence-electron chi connectivity index (χ2n) is 8.59. The van der Waals surface area contributed by atoms with E-state index < -0.39 is 0 Å². The van der Waals surface area contributed by atoms with Gasteiger partial charge in [0.1, 0.15) is 0 Å². The molecule has 0 aliphatic carbocycles. The standard InChI is InChI=1S/C23H33N5O/c1-18-9-11-26(12-10-18)22(29)17-25-13-15-27(16-14-25)23-19(2)24-28(20(23)3)21-7-5-4-6-8-21/h4-8,18H,9-17H2,1-3H3. The number of nitrogens with zero attached hydrogens (tertiary/aromatic N) is 5. The minimum Gasteiger partial charge on any atom is -0.366 e. The Morgan fingerprint density at radius 3 is 2.31 bits per heavy atom. The highest BCUT2D eigenvalue weighted by molar-refractivity contribution is 5.78. The van der Waals surface area contributed by atoms with Gasteiger partial charge in [0.25, 0.3) is 0 Å². The monoisotopic (exact) mass is 395 g/mol. The Kier molecular flexibility index (Phi) is 5.90. The molecule has 2 saturated heterocycles. The van der Waals surface area contributed by atoms with E-state index in [1.54, 1.807) is 0 Å². The molecule has 2 aromatic rings. The molecule has 0 spiro atoms. The zero-order chi connectivity index (χ0) is 20.4. The van der Waals surface area contributed by atoms with Gasteiger partial charge in [0, 0.05) is 39.3 Å². The van der Waals surface area contributed by atoms with Crippen LogP contribution in [0.5, 0.6) is 0 Å². The van der Waals surface area contributed by atoms with Gasteiger partial charge in [-0.05, 0) is 44.7 Å². The van der Waals surface area contributed by atoms with Gasteiger partial charge in [0.2, 0.25) is 5.91 Å². The predicted octanol–water partition coefficient (Wildman–Crippen LogP) is 2.87. The van der Waals surface area contributed by atoms with E-state index in [1.807, 2.05) is 22.9 Å². The molecular formula is C23H33N5O. The highest BCUT2D eigenvalue weighted by atomic mass is 16.2. The molecule has 2 aliphatic heterocycles. The number of aryl methyl sites for hydroxylation is 1. The number of rotatable bonds is 4.